The molecule has 2 rings (SSSR count). The molecule has 0 saturated heterocycles. The number of sulfonamides is 1. The van der Waals surface area contributed by atoms with Crippen molar-refractivity contribution in [3.05, 3.63) is 50.4 Å². The van der Waals surface area contributed by atoms with Gasteiger partial charge in [0.2, 0.25) is 0 Å². The summed E-state index contributed by atoms with van der Waals surface area (Å²) in [4.78, 5) is 0.00155. The van der Waals surface area contributed by atoms with Gasteiger partial charge in [0.05, 0.1) is 15.6 Å². The molecule has 0 saturated carbocycles. The molecule has 2 aromatic carbocycles. The summed E-state index contributed by atoms with van der Waals surface area (Å²) in [6, 6.07) is 7.44. The van der Waals surface area contributed by atoms with Crippen LogP contribution in [0.3, 0.4) is 0 Å². The maximum atomic E-state index is 12.3. The van der Waals surface area contributed by atoms with Crippen molar-refractivity contribution in [3.8, 4) is 0 Å². The first-order valence-corrected chi connectivity index (χ1v) is 8.77. The molecule has 0 aliphatic heterocycles. The van der Waals surface area contributed by atoms with Crippen molar-refractivity contribution in [2.45, 2.75) is 11.8 Å². The van der Waals surface area contributed by atoms with Gasteiger partial charge in [-0.2, -0.15) is 0 Å². The van der Waals surface area contributed by atoms with E-state index in [1.54, 1.807) is 25.1 Å². The van der Waals surface area contributed by atoms with Crippen LogP contribution in [0.4, 0.5) is 11.4 Å². The second-order valence-corrected chi connectivity index (χ2v) is 7.70. The molecule has 0 aromatic heterocycles. The van der Waals surface area contributed by atoms with Gasteiger partial charge in [-0.15, -0.1) is 0 Å². The molecule has 2 aromatic rings. The number of hydrogen-bond acceptors (Lipinski definition) is 3. The third kappa shape index (κ3) is 3.63. The number of nitrogen functional groups attached to an aromatic ring is 1. The zero-order valence-corrected chi connectivity index (χ0v) is 14.7. The van der Waals surface area contributed by atoms with E-state index in [4.69, 9.17) is 28.9 Å². The Morgan fingerprint density at radius 2 is 1.81 bits per heavy atom. The van der Waals surface area contributed by atoms with Crippen molar-refractivity contribution in [3.63, 3.8) is 0 Å². The Balaban J connectivity index is 2.40. The van der Waals surface area contributed by atoms with Crippen LogP contribution < -0.4 is 10.5 Å². The molecule has 3 N–H and O–H groups in total. The standard InChI is InChI=1S/C13H11BrCl2N2O2S/c1-7-12(16)5-9(6-13(7)17)21(19,20)18-8-2-3-11(15)10(14)4-8/h2-6,18H,17H2,1H3. The Morgan fingerprint density at radius 1 is 1.14 bits per heavy atom. The van der Waals surface area contributed by atoms with E-state index in [1.807, 2.05) is 0 Å². The molecular weight excluding hydrogens is 399 g/mol. The van der Waals surface area contributed by atoms with Crippen molar-refractivity contribution in [2.75, 3.05) is 10.5 Å². The lowest BCUT2D eigenvalue weighted by molar-refractivity contribution is 0.601. The summed E-state index contributed by atoms with van der Waals surface area (Å²) in [6.45, 7) is 1.72. The normalized spacial score (nSPS) is 11.4. The van der Waals surface area contributed by atoms with Crippen LogP contribution >= 0.6 is 39.1 Å². The monoisotopic (exact) mass is 408 g/mol. The Hall–Kier alpha value is -0.950. The Morgan fingerprint density at radius 3 is 2.38 bits per heavy atom. The molecule has 0 fully saturated rings. The summed E-state index contributed by atoms with van der Waals surface area (Å²) in [6.07, 6.45) is 0. The summed E-state index contributed by atoms with van der Waals surface area (Å²) in [5.41, 5.74) is 7.09. The van der Waals surface area contributed by atoms with Crippen molar-refractivity contribution >= 4 is 60.5 Å². The van der Waals surface area contributed by atoms with E-state index in [1.165, 1.54) is 12.1 Å². The van der Waals surface area contributed by atoms with E-state index in [0.29, 0.717) is 31.5 Å². The van der Waals surface area contributed by atoms with Gasteiger partial charge in [-0.3, -0.25) is 4.72 Å². The average Bonchev–Trinajstić information content (AvgIpc) is 2.39. The second kappa shape index (κ2) is 6.04. The van der Waals surface area contributed by atoms with Gasteiger partial charge in [0.25, 0.3) is 10.0 Å². The van der Waals surface area contributed by atoms with E-state index in [0.717, 1.165) is 0 Å². The summed E-state index contributed by atoms with van der Waals surface area (Å²) in [5, 5.41) is 0.785. The summed E-state index contributed by atoms with van der Waals surface area (Å²) in [5.74, 6) is 0. The third-order valence-corrected chi connectivity index (χ3v) is 5.81. The van der Waals surface area contributed by atoms with Gasteiger partial charge in [0, 0.05) is 15.2 Å². The highest BCUT2D eigenvalue weighted by atomic mass is 79.9. The molecular formula is C13H11BrCl2N2O2S. The molecule has 0 unspecified atom stereocenters. The number of hydrogen-bond donors (Lipinski definition) is 2. The van der Waals surface area contributed by atoms with Gasteiger partial charge >= 0.3 is 0 Å². The van der Waals surface area contributed by atoms with Crippen LogP contribution in [0.5, 0.6) is 0 Å². The molecule has 0 bridgehead atoms. The van der Waals surface area contributed by atoms with E-state index in [9.17, 15) is 8.42 Å². The molecule has 8 heteroatoms. The molecule has 0 spiro atoms. The molecule has 0 heterocycles. The van der Waals surface area contributed by atoms with Crippen LogP contribution in [0.1, 0.15) is 5.56 Å². The van der Waals surface area contributed by atoms with Crippen LogP contribution in [0, 0.1) is 6.92 Å². The highest BCUT2D eigenvalue weighted by molar-refractivity contribution is 9.10. The SMILES string of the molecule is Cc1c(N)cc(S(=O)(=O)Nc2ccc(Cl)c(Br)c2)cc1Cl. The van der Waals surface area contributed by atoms with Crippen molar-refractivity contribution in [1.29, 1.82) is 0 Å². The quantitative estimate of drug-likeness (QED) is 0.735. The van der Waals surface area contributed by atoms with Crippen LogP contribution in [0.15, 0.2) is 39.7 Å². The third-order valence-electron chi connectivity index (χ3n) is 2.84. The minimum atomic E-state index is -3.78. The number of nitrogens with two attached hydrogens (primary N) is 1. The minimum absolute atomic E-state index is 0.00155. The molecule has 0 amide bonds. The van der Waals surface area contributed by atoms with Crippen molar-refractivity contribution in [2.24, 2.45) is 0 Å². The van der Waals surface area contributed by atoms with Crippen LogP contribution in [-0.4, -0.2) is 8.42 Å². The Kier molecular flexibility index (Phi) is 4.72. The van der Waals surface area contributed by atoms with E-state index in [2.05, 4.69) is 20.7 Å². The largest absolute Gasteiger partial charge is 0.398 e. The molecule has 0 aliphatic rings. The first-order valence-electron chi connectivity index (χ1n) is 5.74. The summed E-state index contributed by atoms with van der Waals surface area (Å²) in [7, 11) is -3.78. The predicted octanol–water partition coefficient (Wildman–Crippen LogP) is 4.45. The summed E-state index contributed by atoms with van der Waals surface area (Å²) < 4.78 is 27.7. The predicted molar refractivity (Wildman–Crippen MR) is 90.6 cm³/mol. The Labute approximate surface area is 141 Å². The molecule has 0 aliphatic carbocycles. The van der Waals surface area contributed by atoms with Gasteiger partial charge < -0.3 is 5.73 Å². The van der Waals surface area contributed by atoms with Crippen LogP contribution in [-0.2, 0) is 10.0 Å². The first kappa shape index (κ1) is 16.4. The molecule has 21 heavy (non-hydrogen) atoms. The van der Waals surface area contributed by atoms with Gasteiger partial charge in [-0.1, -0.05) is 23.2 Å². The van der Waals surface area contributed by atoms with Crippen molar-refractivity contribution < 1.29 is 8.42 Å². The number of anilines is 2. The zero-order chi connectivity index (χ0) is 15.8. The average molecular weight is 410 g/mol. The smallest absolute Gasteiger partial charge is 0.262 e. The molecule has 0 atom stereocenters. The highest BCUT2D eigenvalue weighted by Gasteiger charge is 2.17. The number of rotatable bonds is 3. The maximum Gasteiger partial charge on any atom is 0.262 e. The lowest BCUT2D eigenvalue weighted by atomic mass is 10.2. The number of nitrogens with one attached hydrogen (secondary N) is 1. The lowest BCUT2D eigenvalue weighted by Crippen LogP contribution is -2.13. The van der Waals surface area contributed by atoms with E-state index in [-0.39, 0.29) is 4.90 Å². The summed E-state index contributed by atoms with van der Waals surface area (Å²) >= 11 is 15.1. The Bertz CT molecular complexity index is 787. The van der Waals surface area contributed by atoms with Gasteiger partial charge in [0.15, 0.2) is 0 Å². The van der Waals surface area contributed by atoms with Gasteiger partial charge in [-0.25, -0.2) is 8.42 Å². The minimum Gasteiger partial charge on any atom is -0.398 e. The van der Waals surface area contributed by atoms with E-state index < -0.39 is 10.0 Å². The van der Waals surface area contributed by atoms with Crippen molar-refractivity contribution in [1.82, 2.24) is 0 Å². The highest BCUT2D eigenvalue weighted by Crippen LogP contribution is 2.29. The fraction of sp³-hybridized carbons (Fsp3) is 0.0769. The topological polar surface area (TPSA) is 72.2 Å². The second-order valence-electron chi connectivity index (χ2n) is 4.35. The first-order chi connectivity index (χ1) is 9.70. The zero-order valence-electron chi connectivity index (χ0n) is 10.8. The van der Waals surface area contributed by atoms with Crippen LogP contribution in [0.2, 0.25) is 10.0 Å². The van der Waals surface area contributed by atoms with Crippen LogP contribution in [0.25, 0.3) is 0 Å². The van der Waals surface area contributed by atoms with Gasteiger partial charge in [-0.05, 0) is 58.7 Å². The number of halogens is 3. The lowest BCUT2D eigenvalue weighted by Gasteiger charge is -2.11. The van der Waals surface area contributed by atoms with E-state index >= 15 is 0 Å². The van der Waals surface area contributed by atoms with Gasteiger partial charge in [0.1, 0.15) is 0 Å². The fourth-order valence-corrected chi connectivity index (χ4v) is 3.50. The molecule has 4 nitrogen and oxygen atoms in total. The molecule has 0 radical (unpaired) electrons. The number of benzene rings is 2. The molecule has 112 valence electrons. The fourth-order valence-electron chi connectivity index (χ4n) is 1.60. The maximum absolute atomic E-state index is 12.3.